The smallest absolute Gasteiger partial charge is 0.358 e. The highest BCUT2D eigenvalue weighted by Crippen LogP contribution is 2.26. The molecular weight excluding hydrogens is 250 g/mol. The number of aromatic nitrogens is 2. The van der Waals surface area contributed by atoms with Gasteiger partial charge in [-0.3, -0.25) is 4.79 Å². The quantitative estimate of drug-likeness (QED) is 0.476. The van der Waals surface area contributed by atoms with Crippen LogP contribution in [0.1, 0.15) is 5.69 Å². The van der Waals surface area contributed by atoms with E-state index in [1.807, 2.05) is 0 Å². The summed E-state index contributed by atoms with van der Waals surface area (Å²) in [6.45, 7) is 1.16. The van der Waals surface area contributed by atoms with Crippen LogP contribution in [-0.2, 0) is 11.3 Å². The highest BCUT2D eigenvalue weighted by atomic mass is 35.5. The SMILES string of the molecule is Cc1c(Cl)c([N+](=O)[O-])nn1CC(=O)NCC#N. The van der Waals surface area contributed by atoms with E-state index in [4.69, 9.17) is 16.9 Å². The van der Waals surface area contributed by atoms with E-state index in [1.165, 1.54) is 6.92 Å². The molecule has 1 amide bonds. The molecular formula is C8H8ClN5O3. The van der Waals surface area contributed by atoms with E-state index in [-0.39, 0.29) is 18.1 Å². The van der Waals surface area contributed by atoms with E-state index < -0.39 is 16.6 Å². The molecule has 0 aliphatic carbocycles. The minimum Gasteiger partial charge on any atom is -0.358 e. The van der Waals surface area contributed by atoms with Gasteiger partial charge in [0.25, 0.3) is 0 Å². The number of hydrogen-bond donors (Lipinski definition) is 1. The van der Waals surface area contributed by atoms with Gasteiger partial charge in [0.1, 0.15) is 13.1 Å². The lowest BCUT2D eigenvalue weighted by Crippen LogP contribution is -2.28. The van der Waals surface area contributed by atoms with E-state index in [1.54, 1.807) is 6.07 Å². The monoisotopic (exact) mass is 257 g/mol. The van der Waals surface area contributed by atoms with Gasteiger partial charge in [-0.15, -0.1) is 0 Å². The molecule has 8 nitrogen and oxygen atoms in total. The zero-order valence-corrected chi connectivity index (χ0v) is 9.56. The topological polar surface area (TPSA) is 114 Å². The van der Waals surface area contributed by atoms with Crippen molar-refractivity contribution in [2.24, 2.45) is 0 Å². The van der Waals surface area contributed by atoms with Gasteiger partial charge in [0.2, 0.25) is 5.91 Å². The van der Waals surface area contributed by atoms with Gasteiger partial charge in [-0.2, -0.15) is 9.94 Å². The Morgan fingerprint density at radius 2 is 2.41 bits per heavy atom. The summed E-state index contributed by atoms with van der Waals surface area (Å²) in [4.78, 5) is 21.1. The van der Waals surface area contributed by atoms with Crippen LogP contribution in [0.2, 0.25) is 5.02 Å². The molecule has 0 unspecified atom stereocenters. The summed E-state index contributed by atoms with van der Waals surface area (Å²) in [5.41, 5.74) is 0.325. The molecule has 1 aromatic rings. The number of amides is 1. The fraction of sp³-hybridized carbons (Fsp3) is 0.375. The lowest BCUT2D eigenvalue weighted by atomic mass is 10.4. The summed E-state index contributed by atoms with van der Waals surface area (Å²) >= 11 is 5.69. The highest BCUT2D eigenvalue weighted by molar-refractivity contribution is 6.33. The Hall–Kier alpha value is -2.14. The molecule has 0 saturated carbocycles. The number of halogens is 1. The molecule has 1 aromatic heterocycles. The van der Waals surface area contributed by atoms with Crippen LogP contribution in [0, 0.1) is 28.4 Å². The molecule has 0 spiro atoms. The van der Waals surface area contributed by atoms with Gasteiger partial charge >= 0.3 is 5.82 Å². The lowest BCUT2D eigenvalue weighted by Gasteiger charge is -1.99. The van der Waals surface area contributed by atoms with Crippen molar-refractivity contribution in [3.05, 3.63) is 20.8 Å². The van der Waals surface area contributed by atoms with Gasteiger partial charge < -0.3 is 15.4 Å². The average molecular weight is 258 g/mol. The van der Waals surface area contributed by atoms with Crippen molar-refractivity contribution in [3.63, 3.8) is 0 Å². The summed E-state index contributed by atoms with van der Waals surface area (Å²) in [7, 11) is 0. The van der Waals surface area contributed by atoms with Crippen LogP contribution < -0.4 is 5.32 Å². The second kappa shape index (κ2) is 5.27. The van der Waals surface area contributed by atoms with Crippen LogP contribution in [0.3, 0.4) is 0 Å². The second-order valence-corrected chi connectivity index (χ2v) is 3.45. The first-order valence-electron chi connectivity index (χ1n) is 4.48. The summed E-state index contributed by atoms with van der Waals surface area (Å²) in [5, 5.41) is 24.6. The molecule has 1 heterocycles. The first-order chi connectivity index (χ1) is 7.97. The molecule has 0 aliphatic rings. The van der Waals surface area contributed by atoms with Crippen LogP contribution in [0.15, 0.2) is 0 Å². The van der Waals surface area contributed by atoms with E-state index in [2.05, 4.69) is 10.4 Å². The van der Waals surface area contributed by atoms with Crippen LogP contribution in [0.4, 0.5) is 5.82 Å². The van der Waals surface area contributed by atoms with Crippen LogP contribution >= 0.6 is 11.6 Å². The number of nitrogens with one attached hydrogen (secondary N) is 1. The normalized spacial score (nSPS) is 9.71. The number of rotatable bonds is 4. The van der Waals surface area contributed by atoms with Crippen LogP contribution in [-0.4, -0.2) is 27.2 Å². The third-order valence-corrected chi connectivity index (χ3v) is 2.39. The molecule has 0 saturated heterocycles. The summed E-state index contributed by atoms with van der Waals surface area (Å²) in [6.07, 6.45) is 0. The molecule has 17 heavy (non-hydrogen) atoms. The number of carbonyl (C=O) groups is 1. The highest BCUT2D eigenvalue weighted by Gasteiger charge is 2.24. The number of nitrogens with zero attached hydrogens (tertiary/aromatic N) is 4. The largest absolute Gasteiger partial charge is 0.408 e. The van der Waals surface area contributed by atoms with Crippen molar-refractivity contribution in [1.29, 1.82) is 5.26 Å². The maximum absolute atomic E-state index is 11.3. The molecule has 0 aromatic carbocycles. The molecule has 1 N–H and O–H groups in total. The maximum Gasteiger partial charge on any atom is 0.408 e. The van der Waals surface area contributed by atoms with Gasteiger partial charge in [0.05, 0.1) is 16.9 Å². The maximum atomic E-state index is 11.3. The van der Waals surface area contributed by atoms with E-state index in [0.29, 0.717) is 5.69 Å². The van der Waals surface area contributed by atoms with Crippen molar-refractivity contribution in [3.8, 4) is 6.07 Å². The number of nitro groups is 1. The Labute approximate surface area is 101 Å². The molecule has 0 bridgehead atoms. The number of hydrogen-bond acceptors (Lipinski definition) is 5. The van der Waals surface area contributed by atoms with E-state index >= 15 is 0 Å². The molecule has 0 atom stereocenters. The van der Waals surface area contributed by atoms with Crippen molar-refractivity contribution in [2.75, 3.05) is 6.54 Å². The number of nitriles is 1. The standard InChI is InChI=1S/C8H8ClN5O3/c1-5-7(9)8(14(16)17)12-13(5)4-6(15)11-3-2-10/h3-4H2,1H3,(H,11,15). The zero-order chi connectivity index (χ0) is 13.0. The minimum atomic E-state index is -0.723. The second-order valence-electron chi connectivity index (χ2n) is 3.07. The van der Waals surface area contributed by atoms with Crippen LogP contribution in [0.5, 0.6) is 0 Å². The molecule has 1 rings (SSSR count). The lowest BCUT2D eigenvalue weighted by molar-refractivity contribution is -0.389. The molecule has 0 aliphatic heterocycles. The van der Waals surface area contributed by atoms with E-state index in [9.17, 15) is 14.9 Å². The predicted octanol–water partition coefficient (Wildman–Crippen LogP) is 0.393. The molecule has 0 radical (unpaired) electrons. The van der Waals surface area contributed by atoms with Gasteiger partial charge in [-0.05, 0) is 11.8 Å². The summed E-state index contributed by atoms with van der Waals surface area (Å²) in [6, 6.07) is 1.74. The molecule has 9 heteroatoms. The third kappa shape index (κ3) is 2.92. The van der Waals surface area contributed by atoms with Crippen LogP contribution in [0.25, 0.3) is 0 Å². The third-order valence-electron chi connectivity index (χ3n) is 1.95. The predicted molar refractivity (Wildman–Crippen MR) is 57.3 cm³/mol. The van der Waals surface area contributed by atoms with Crippen molar-refractivity contribution in [1.82, 2.24) is 15.1 Å². The Bertz CT molecular complexity index is 504. The van der Waals surface area contributed by atoms with E-state index in [0.717, 1.165) is 4.68 Å². The summed E-state index contributed by atoms with van der Waals surface area (Å²) in [5.74, 6) is -0.957. The molecule has 0 fully saturated rings. The van der Waals surface area contributed by atoms with Crippen molar-refractivity contribution < 1.29 is 9.72 Å². The van der Waals surface area contributed by atoms with Crippen molar-refractivity contribution >= 4 is 23.3 Å². The average Bonchev–Trinajstić information content (AvgIpc) is 2.55. The zero-order valence-electron chi connectivity index (χ0n) is 8.81. The first-order valence-corrected chi connectivity index (χ1v) is 4.86. The van der Waals surface area contributed by atoms with Gasteiger partial charge in [0.15, 0.2) is 5.02 Å². The number of carbonyl (C=O) groups excluding carboxylic acids is 1. The minimum absolute atomic E-state index is 0.0944. The van der Waals surface area contributed by atoms with Gasteiger partial charge in [-0.25, -0.2) is 0 Å². The van der Waals surface area contributed by atoms with Gasteiger partial charge in [0, 0.05) is 0 Å². The fourth-order valence-corrected chi connectivity index (χ4v) is 1.31. The van der Waals surface area contributed by atoms with Gasteiger partial charge in [-0.1, -0.05) is 11.6 Å². The Kier molecular flexibility index (Phi) is 4.01. The first kappa shape index (κ1) is 12.9. The summed E-state index contributed by atoms with van der Waals surface area (Å²) < 4.78 is 1.12. The Morgan fingerprint density at radius 3 is 2.88 bits per heavy atom. The van der Waals surface area contributed by atoms with Crippen molar-refractivity contribution in [2.45, 2.75) is 13.5 Å². The Morgan fingerprint density at radius 1 is 1.76 bits per heavy atom. The molecule has 90 valence electrons. The Balaban J connectivity index is 2.86. The fourth-order valence-electron chi connectivity index (χ4n) is 1.11.